The summed E-state index contributed by atoms with van der Waals surface area (Å²) in [5.41, 5.74) is -2.55. The topological polar surface area (TPSA) is 512 Å². The first-order valence-electron chi connectivity index (χ1n) is 31.3. The van der Waals surface area contributed by atoms with E-state index in [2.05, 4.69) is 13.5 Å². The molecule has 10 rings (SSSR count). The molecule has 2 bridgehead atoms. The first-order valence-corrected chi connectivity index (χ1v) is 31.3. The molecule has 90 heavy (non-hydrogen) atoms. The first kappa shape index (κ1) is 70.8. The number of ether oxygens (including phenoxy) is 12. The molecule has 36 unspecified atom stereocenters. The molecule has 0 spiro atoms. The third-order valence-corrected chi connectivity index (χ3v) is 21.7. The van der Waals surface area contributed by atoms with Gasteiger partial charge in [0, 0.05) is 0 Å². The summed E-state index contributed by atoms with van der Waals surface area (Å²) in [6.07, 6.45) is -49.2. The lowest BCUT2D eigenvalue weighted by atomic mass is 9.43. The van der Waals surface area contributed by atoms with E-state index < -0.39 is 246 Å². The summed E-state index contributed by atoms with van der Waals surface area (Å²) in [4.78, 5) is 15.5. The summed E-state index contributed by atoms with van der Waals surface area (Å²) in [5, 5.41) is 205. The van der Waals surface area contributed by atoms with Crippen molar-refractivity contribution in [3.05, 3.63) is 12.2 Å². The van der Waals surface area contributed by atoms with Crippen LogP contribution in [0, 0.1) is 34.5 Å². The van der Waals surface area contributed by atoms with Crippen molar-refractivity contribution in [3.8, 4) is 0 Å². The molecule has 4 saturated carbocycles. The average molecular weight is 1300 g/mol. The van der Waals surface area contributed by atoms with E-state index in [4.69, 9.17) is 56.8 Å². The Labute approximate surface area is 517 Å². The van der Waals surface area contributed by atoms with Gasteiger partial charge in [-0.1, -0.05) is 26.3 Å². The highest BCUT2D eigenvalue weighted by Crippen LogP contribution is 2.67. The van der Waals surface area contributed by atoms with Gasteiger partial charge < -0.3 is 154 Å². The Kier molecular flexibility index (Phi) is 22.2. The molecule has 518 valence electrons. The molecule has 10 fully saturated rings. The summed E-state index contributed by atoms with van der Waals surface area (Å²) >= 11 is 0. The van der Waals surface area contributed by atoms with E-state index in [1.165, 1.54) is 6.92 Å². The second-order valence-electron chi connectivity index (χ2n) is 27.0. The van der Waals surface area contributed by atoms with Crippen molar-refractivity contribution < 1.29 is 159 Å². The van der Waals surface area contributed by atoms with E-state index in [0.717, 1.165) is 0 Å². The van der Waals surface area contributed by atoms with E-state index in [-0.39, 0.29) is 24.2 Å². The van der Waals surface area contributed by atoms with Crippen LogP contribution in [0.25, 0.3) is 0 Å². The summed E-state index contributed by atoms with van der Waals surface area (Å²) < 4.78 is 73.6. The number of aliphatic hydroxyl groups excluding tert-OH is 19. The maximum absolute atomic E-state index is 15.5. The van der Waals surface area contributed by atoms with Crippen LogP contribution in [-0.2, 0) is 61.6 Å². The zero-order valence-electron chi connectivity index (χ0n) is 50.2. The lowest BCUT2D eigenvalue weighted by Gasteiger charge is -2.63. The molecule has 6 heterocycles. The van der Waals surface area contributed by atoms with Gasteiger partial charge in [-0.3, -0.25) is 4.79 Å². The second kappa shape index (κ2) is 28.2. The predicted octanol–water partition coefficient (Wildman–Crippen LogP) is -7.80. The van der Waals surface area contributed by atoms with Crippen molar-refractivity contribution in [2.24, 2.45) is 34.5 Å². The predicted molar refractivity (Wildman–Crippen MR) is 292 cm³/mol. The minimum Gasteiger partial charge on any atom is -0.432 e. The van der Waals surface area contributed by atoms with Crippen LogP contribution in [-0.4, -0.2) is 326 Å². The molecule has 10 aliphatic rings. The number of hydrogen-bond acceptors (Lipinski definition) is 32. The van der Waals surface area contributed by atoms with Crippen LogP contribution in [0.15, 0.2) is 12.2 Å². The van der Waals surface area contributed by atoms with Crippen LogP contribution < -0.4 is 0 Å². The third kappa shape index (κ3) is 12.8. The van der Waals surface area contributed by atoms with Gasteiger partial charge in [0.25, 0.3) is 0 Å². The smallest absolute Gasteiger partial charge is 0.314 e. The molecular formula is C58H94O32. The Morgan fingerprint density at radius 3 is 1.36 bits per heavy atom. The van der Waals surface area contributed by atoms with Gasteiger partial charge in [0.2, 0.25) is 6.29 Å². The van der Waals surface area contributed by atoms with Crippen LogP contribution >= 0.6 is 0 Å². The number of aliphatic hydroxyl groups is 19. The largest absolute Gasteiger partial charge is 0.432 e. The maximum atomic E-state index is 15.5. The quantitative estimate of drug-likeness (QED) is 0.0475. The molecule has 0 aromatic carbocycles. The summed E-state index contributed by atoms with van der Waals surface area (Å²) in [7, 11) is 0. The lowest BCUT2D eigenvalue weighted by Crippen LogP contribution is -2.68. The molecule has 19 N–H and O–H groups in total. The molecule has 0 radical (unpaired) electrons. The fraction of sp³-hybridized carbons (Fsp3) is 0.948. The van der Waals surface area contributed by atoms with Gasteiger partial charge >= 0.3 is 5.97 Å². The van der Waals surface area contributed by atoms with Crippen molar-refractivity contribution in [1.82, 2.24) is 0 Å². The number of rotatable bonds is 17. The first-order chi connectivity index (χ1) is 42.6. The van der Waals surface area contributed by atoms with Gasteiger partial charge in [-0.2, -0.15) is 0 Å². The van der Waals surface area contributed by atoms with Gasteiger partial charge in [0.05, 0.1) is 50.2 Å². The molecule has 37 atom stereocenters. The van der Waals surface area contributed by atoms with Crippen molar-refractivity contribution in [2.75, 3.05) is 33.0 Å². The van der Waals surface area contributed by atoms with Crippen molar-refractivity contribution in [2.45, 2.75) is 275 Å². The molecule has 32 nitrogen and oxygen atoms in total. The zero-order chi connectivity index (χ0) is 65.4. The SMILES string of the molecule is C=C1CC2CCCC3C(C)(C(=O)OC4OC(CO)C(O)C(OC5OC(CO)C(O)C(O)C5O)C4OC4OC(C)C(O)C(O)C4O)CCCC3(C)C3CCC1(OC1OC(CO)C(O)C(OC4OC(CO)C(O)C(O)C4O)C1OC1O[C@H](CO)C(O)C(O)C1O)CC23. The van der Waals surface area contributed by atoms with Crippen LogP contribution in [0.3, 0.4) is 0 Å². The highest BCUT2D eigenvalue weighted by molar-refractivity contribution is 5.77. The maximum Gasteiger partial charge on any atom is 0.314 e. The molecule has 0 aromatic rings. The Balaban J connectivity index is 0.936. The van der Waals surface area contributed by atoms with Gasteiger partial charge in [-0.25, -0.2) is 0 Å². The number of fused-ring (bicyclic) bond motifs is 3. The Bertz CT molecular complexity index is 2400. The molecule has 6 aliphatic heterocycles. The van der Waals surface area contributed by atoms with Crippen LogP contribution in [0.4, 0.5) is 0 Å². The molecular weight excluding hydrogens is 1210 g/mol. The highest BCUT2D eigenvalue weighted by atomic mass is 16.8. The summed E-state index contributed by atoms with van der Waals surface area (Å²) in [5.74, 6) is -1.43. The highest BCUT2D eigenvalue weighted by Gasteiger charge is 2.65. The third-order valence-electron chi connectivity index (χ3n) is 21.7. The van der Waals surface area contributed by atoms with Gasteiger partial charge in [0.1, 0.15) is 134 Å². The number of esters is 1. The lowest BCUT2D eigenvalue weighted by molar-refractivity contribution is -0.401. The van der Waals surface area contributed by atoms with E-state index in [1.807, 2.05) is 0 Å². The minimum absolute atomic E-state index is 0.0378. The van der Waals surface area contributed by atoms with E-state index in [9.17, 15) is 97.0 Å². The van der Waals surface area contributed by atoms with Crippen LogP contribution in [0.1, 0.15) is 85.0 Å². The van der Waals surface area contributed by atoms with E-state index in [1.54, 1.807) is 6.92 Å². The van der Waals surface area contributed by atoms with E-state index in [0.29, 0.717) is 63.4 Å². The van der Waals surface area contributed by atoms with Crippen molar-refractivity contribution >= 4 is 5.97 Å². The standard InChI is InChI=1S/C58H94O32/c1-20-13-22-7-5-8-30-56(3,10-6-11-57(30,4)55(78)89-53-47(87-49-41(74)37(70)31(64)21(2)79-49)45(35(68)28(18-62)83-53)85-50-42(75)38(71)32(65)25(15-59)80-50)24-9-12-58(20,14-23(22)24)90-54-48(88-52-44(77)40(73)34(67)27(17-61)82-52)46(36(69)29(19-63)84-54)86-51-43(76)39(72)33(66)26(16-60)81-51/h21-54,59-77H,1,5-19H2,2-4H3/t21?,22?,23?,24?,25?,26?,27-,28?,29?,30?,31?,32?,33?,34?,35?,36?,37?,38?,39?,40?,41?,42?,43?,44?,45?,46?,47?,48?,49?,50?,51?,52?,53?,54?,56?,57?,58?/m1/s1. The van der Waals surface area contributed by atoms with Crippen molar-refractivity contribution in [1.29, 1.82) is 0 Å². The van der Waals surface area contributed by atoms with Gasteiger partial charge in [-0.05, 0) is 99.9 Å². The summed E-state index contributed by atoms with van der Waals surface area (Å²) in [6, 6.07) is 0. The van der Waals surface area contributed by atoms with Gasteiger partial charge in [-0.15, -0.1) is 0 Å². The zero-order valence-corrected chi connectivity index (χ0v) is 50.2. The molecule has 0 amide bonds. The number of carbonyl (C=O) groups excluding carboxylic acids is 1. The van der Waals surface area contributed by atoms with Crippen LogP contribution in [0.2, 0.25) is 0 Å². The number of carbonyl (C=O) groups is 1. The monoisotopic (exact) mass is 1300 g/mol. The van der Waals surface area contributed by atoms with Gasteiger partial charge in [0.15, 0.2) is 37.6 Å². The Morgan fingerprint density at radius 2 is 0.878 bits per heavy atom. The number of hydrogen-bond donors (Lipinski definition) is 19. The average Bonchev–Trinajstić information content (AvgIpc) is 0.738. The fourth-order valence-corrected chi connectivity index (χ4v) is 16.5. The summed E-state index contributed by atoms with van der Waals surface area (Å²) in [6.45, 7) is 5.51. The fourth-order valence-electron chi connectivity index (χ4n) is 16.5. The second-order valence-corrected chi connectivity index (χ2v) is 27.0. The normalized spacial score (nSPS) is 54.3. The van der Waals surface area contributed by atoms with Crippen LogP contribution in [0.5, 0.6) is 0 Å². The Morgan fingerprint density at radius 1 is 0.467 bits per heavy atom. The molecule has 6 saturated heterocycles. The molecule has 4 aliphatic carbocycles. The van der Waals surface area contributed by atoms with Crippen molar-refractivity contribution in [3.63, 3.8) is 0 Å². The van der Waals surface area contributed by atoms with E-state index >= 15 is 4.79 Å². The molecule has 0 aromatic heterocycles. The molecule has 32 heteroatoms. The minimum atomic E-state index is -2.03. The Hall–Kier alpha value is -1.99.